The molecule has 108 valence electrons. The summed E-state index contributed by atoms with van der Waals surface area (Å²) in [5.74, 6) is 2.52. The predicted octanol–water partition coefficient (Wildman–Crippen LogP) is 1.45. The standard InChI is InChI=1S/C13H17N3O4/c1-7-15-13(16-20-7)12(14)8-5-10(18-3)11(19-4)6-9(8)17-2/h5-6,12H,14H2,1-4H3. The number of methoxy groups -OCH3 is 3. The van der Waals surface area contributed by atoms with E-state index in [1.165, 1.54) is 0 Å². The normalized spacial score (nSPS) is 12.1. The lowest BCUT2D eigenvalue weighted by Gasteiger charge is -2.16. The highest BCUT2D eigenvalue weighted by molar-refractivity contribution is 5.52. The number of hydrogen-bond acceptors (Lipinski definition) is 7. The van der Waals surface area contributed by atoms with Gasteiger partial charge >= 0.3 is 0 Å². The van der Waals surface area contributed by atoms with Gasteiger partial charge in [-0.15, -0.1) is 0 Å². The molecule has 7 heteroatoms. The number of rotatable bonds is 5. The van der Waals surface area contributed by atoms with Crippen molar-refractivity contribution in [2.75, 3.05) is 21.3 Å². The van der Waals surface area contributed by atoms with Crippen LogP contribution in [-0.2, 0) is 0 Å². The van der Waals surface area contributed by atoms with Crippen molar-refractivity contribution in [1.29, 1.82) is 0 Å². The van der Waals surface area contributed by atoms with E-state index < -0.39 is 6.04 Å². The van der Waals surface area contributed by atoms with E-state index in [-0.39, 0.29) is 0 Å². The van der Waals surface area contributed by atoms with Crippen LogP contribution in [0.1, 0.15) is 23.3 Å². The van der Waals surface area contributed by atoms with E-state index >= 15 is 0 Å². The van der Waals surface area contributed by atoms with Gasteiger partial charge < -0.3 is 24.5 Å². The molecule has 0 aliphatic heterocycles. The topological polar surface area (TPSA) is 92.6 Å². The lowest BCUT2D eigenvalue weighted by molar-refractivity contribution is 0.346. The highest BCUT2D eigenvalue weighted by atomic mass is 16.5. The zero-order valence-corrected chi connectivity index (χ0v) is 11.8. The number of nitrogens with two attached hydrogens (primary N) is 1. The third-order valence-electron chi connectivity index (χ3n) is 2.89. The second kappa shape index (κ2) is 5.79. The molecule has 20 heavy (non-hydrogen) atoms. The molecule has 1 atom stereocenters. The van der Waals surface area contributed by atoms with E-state index in [4.69, 9.17) is 24.5 Å². The minimum absolute atomic E-state index is 0.382. The molecule has 1 aromatic heterocycles. The monoisotopic (exact) mass is 279 g/mol. The second-order valence-corrected chi connectivity index (χ2v) is 4.10. The highest BCUT2D eigenvalue weighted by Gasteiger charge is 2.22. The first-order valence-electron chi connectivity index (χ1n) is 5.96. The fourth-order valence-corrected chi connectivity index (χ4v) is 1.88. The molecule has 2 aromatic rings. The van der Waals surface area contributed by atoms with Crippen molar-refractivity contribution in [1.82, 2.24) is 10.1 Å². The predicted molar refractivity (Wildman–Crippen MR) is 71.2 cm³/mol. The van der Waals surface area contributed by atoms with Crippen LogP contribution in [-0.4, -0.2) is 31.5 Å². The minimum atomic E-state index is -0.581. The summed E-state index contributed by atoms with van der Waals surface area (Å²) >= 11 is 0. The zero-order valence-electron chi connectivity index (χ0n) is 11.8. The van der Waals surface area contributed by atoms with Crippen molar-refractivity contribution in [2.45, 2.75) is 13.0 Å². The van der Waals surface area contributed by atoms with Gasteiger partial charge in [0.15, 0.2) is 17.3 Å². The molecule has 2 N–H and O–H groups in total. The van der Waals surface area contributed by atoms with Crippen molar-refractivity contribution in [3.63, 3.8) is 0 Å². The molecule has 0 aliphatic rings. The molecular weight excluding hydrogens is 262 g/mol. The molecule has 0 saturated carbocycles. The Hall–Kier alpha value is -2.28. The van der Waals surface area contributed by atoms with Gasteiger partial charge in [0.25, 0.3) is 0 Å². The summed E-state index contributed by atoms with van der Waals surface area (Å²) in [4.78, 5) is 4.13. The first-order valence-corrected chi connectivity index (χ1v) is 5.96. The number of ether oxygens (including phenoxy) is 3. The van der Waals surface area contributed by atoms with Crippen molar-refractivity contribution in [3.05, 3.63) is 29.4 Å². The Balaban J connectivity index is 2.49. The molecule has 1 aromatic carbocycles. The third-order valence-corrected chi connectivity index (χ3v) is 2.89. The van der Waals surface area contributed by atoms with Gasteiger partial charge in [-0.3, -0.25) is 0 Å². The van der Waals surface area contributed by atoms with Gasteiger partial charge in [-0.2, -0.15) is 4.98 Å². The number of benzene rings is 1. The molecule has 0 saturated heterocycles. The fraction of sp³-hybridized carbons (Fsp3) is 0.385. The van der Waals surface area contributed by atoms with E-state index in [2.05, 4.69) is 10.1 Å². The first kappa shape index (κ1) is 14.1. The van der Waals surface area contributed by atoms with E-state index in [0.29, 0.717) is 34.5 Å². The van der Waals surface area contributed by atoms with Crippen LogP contribution < -0.4 is 19.9 Å². The van der Waals surface area contributed by atoms with Gasteiger partial charge in [-0.25, -0.2) is 0 Å². The van der Waals surface area contributed by atoms with Crippen LogP contribution in [0, 0.1) is 6.92 Å². The second-order valence-electron chi connectivity index (χ2n) is 4.10. The maximum absolute atomic E-state index is 6.16. The van der Waals surface area contributed by atoms with Gasteiger partial charge in [0, 0.05) is 18.6 Å². The molecule has 7 nitrogen and oxygen atoms in total. The van der Waals surface area contributed by atoms with Crippen LogP contribution in [0.5, 0.6) is 17.2 Å². The highest BCUT2D eigenvalue weighted by Crippen LogP contribution is 2.37. The van der Waals surface area contributed by atoms with Crippen molar-refractivity contribution in [2.24, 2.45) is 5.73 Å². The van der Waals surface area contributed by atoms with Crippen molar-refractivity contribution >= 4 is 0 Å². The summed E-state index contributed by atoms with van der Waals surface area (Å²) < 4.78 is 20.8. The van der Waals surface area contributed by atoms with Crippen LogP contribution in [0.2, 0.25) is 0 Å². The average Bonchev–Trinajstić information content (AvgIpc) is 2.91. The molecule has 0 fully saturated rings. The quantitative estimate of drug-likeness (QED) is 0.885. The van der Waals surface area contributed by atoms with Crippen LogP contribution in [0.25, 0.3) is 0 Å². The summed E-state index contributed by atoms with van der Waals surface area (Å²) in [6.45, 7) is 1.70. The Kier molecular flexibility index (Phi) is 4.09. The summed E-state index contributed by atoms with van der Waals surface area (Å²) in [5, 5.41) is 3.83. The number of aromatic nitrogens is 2. The Morgan fingerprint density at radius 3 is 2.15 bits per heavy atom. The SMILES string of the molecule is COc1cc(OC)c(C(N)c2noc(C)n2)cc1OC. The Morgan fingerprint density at radius 2 is 1.65 bits per heavy atom. The maximum atomic E-state index is 6.16. The number of aryl methyl sites for hydroxylation is 1. The molecular formula is C13H17N3O4. The van der Waals surface area contributed by atoms with E-state index in [1.54, 1.807) is 40.4 Å². The smallest absolute Gasteiger partial charge is 0.223 e. The molecule has 0 amide bonds. The summed E-state index contributed by atoms with van der Waals surface area (Å²) in [5.41, 5.74) is 6.85. The molecule has 2 rings (SSSR count). The first-order chi connectivity index (χ1) is 9.60. The molecule has 0 aliphatic carbocycles. The van der Waals surface area contributed by atoms with Crippen LogP contribution in [0.3, 0.4) is 0 Å². The lowest BCUT2D eigenvalue weighted by atomic mass is 10.0. The largest absolute Gasteiger partial charge is 0.496 e. The molecule has 0 spiro atoms. The van der Waals surface area contributed by atoms with E-state index in [1.807, 2.05) is 0 Å². The van der Waals surface area contributed by atoms with E-state index in [9.17, 15) is 0 Å². The summed E-state index contributed by atoms with van der Waals surface area (Å²) in [7, 11) is 4.66. The molecule has 1 unspecified atom stereocenters. The summed E-state index contributed by atoms with van der Waals surface area (Å²) in [6, 6.07) is 2.87. The van der Waals surface area contributed by atoms with Crippen molar-refractivity contribution in [3.8, 4) is 17.2 Å². The molecule has 0 radical (unpaired) electrons. The average molecular weight is 279 g/mol. The Bertz CT molecular complexity index is 597. The van der Waals surface area contributed by atoms with Gasteiger partial charge in [0.2, 0.25) is 5.89 Å². The van der Waals surface area contributed by atoms with Gasteiger partial charge in [0.05, 0.1) is 27.4 Å². The van der Waals surface area contributed by atoms with Gasteiger partial charge in [-0.1, -0.05) is 5.16 Å². The van der Waals surface area contributed by atoms with Gasteiger partial charge in [-0.05, 0) is 6.07 Å². The van der Waals surface area contributed by atoms with Crippen LogP contribution in [0.15, 0.2) is 16.7 Å². The van der Waals surface area contributed by atoms with Crippen LogP contribution >= 0.6 is 0 Å². The molecule has 0 bridgehead atoms. The zero-order chi connectivity index (χ0) is 14.7. The minimum Gasteiger partial charge on any atom is -0.496 e. The lowest BCUT2D eigenvalue weighted by Crippen LogP contribution is -2.15. The number of hydrogen-bond donors (Lipinski definition) is 1. The summed E-state index contributed by atoms with van der Waals surface area (Å²) in [6.07, 6.45) is 0. The van der Waals surface area contributed by atoms with E-state index in [0.717, 1.165) is 0 Å². The van der Waals surface area contributed by atoms with Crippen molar-refractivity contribution < 1.29 is 18.7 Å². The Labute approximate surface area is 116 Å². The fourth-order valence-electron chi connectivity index (χ4n) is 1.88. The maximum Gasteiger partial charge on any atom is 0.223 e. The van der Waals surface area contributed by atoms with Gasteiger partial charge in [0.1, 0.15) is 5.75 Å². The van der Waals surface area contributed by atoms with Crippen LogP contribution in [0.4, 0.5) is 0 Å². The Morgan fingerprint density at radius 1 is 1.05 bits per heavy atom. The molecule has 1 heterocycles. The third kappa shape index (κ3) is 2.53. The number of nitrogens with zero attached hydrogens (tertiary/aromatic N) is 2.